The van der Waals surface area contributed by atoms with Gasteiger partial charge in [0.2, 0.25) is 5.91 Å². The second-order valence-electron chi connectivity index (χ2n) is 5.26. The fraction of sp³-hybridized carbons (Fsp3) is 0.857. The van der Waals surface area contributed by atoms with Crippen molar-refractivity contribution in [1.82, 2.24) is 15.1 Å². The number of likely N-dealkylation sites (tertiary alicyclic amines) is 1. The van der Waals surface area contributed by atoms with E-state index in [-0.39, 0.29) is 36.4 Å². The number of nitrogens with zero attached hydrogens (tertiary/aromatic N) is 3. The van der Waals surface area contributed by atoms with Crippen LogP contribution in [0, 0.1) is 0 Å². The zero-order valence-electron chi connectivity index (χ0n) is 13.0. The summed E-state index contributed by atoms with van der Waals surface area (Å²) in [5, 5.41) is 3.39. The molecule has 5 nitrogen and oxygen atoms in total. The molecule has 1 heterocycles. The van der Waals surface area contributed by atoms with Crippen LogP contribution >= 0.6 is 24.0 Å². The van der Waals surface area contributed by atoms with E-state index in [0.717, 1.165) is 38.4 Å². The molecule has 0 unspecified atom stereocenters. The number of likely N-dealkylation sites (N-methyl/N-ethyl adjacent to an activating group) is 1. The molecule has 1 fully saturated rings. The Morgan fingerprint density at radius 1 is 1.25 bits per heavy atom. The van der Waals surface area contributed by atoms with Crippen LogP contribution in [0.25, 0.3) is 0 Å². The van der Waals surface area contributed by atoms with Gasteiger partial charge >= 0.3 is 0 Å². The Labute approximate surface area is 140 Å². The third-order valence-corrected chi connectivity index (χ3v) is 3.33. The van der Waals surface area contributed by atoms with E-state index in [1.165, 1.54) is 19.3 Å². The number of nitrogens with one attached hydrogen (secondary N) is 1. The molecule has 1 saturated heterocycles. The monoisotopic (exact) mass is 396 g/mol. The highest BCUT2D eigenvalue weighted by Gasteiger charge is 2.15. The number of halogens is 1. The molecule has 0 spiro atoms. The van der Waals surface area contributed by atoms with Gasteiger partial charge in [-0.3, -0.25) is 4.79 Å². The molecule has 0 saturated carbocycles. The lowest BCUT2D eigenvalue weighted by Gasteiger charge is -2.30. The topological polar surface area (TPSA) is 47.9 Å². The summed E-state index contributed by atoms with van der Waals surface area (Å²) in [5.41, 5.74) is 0. The summed E-state index contributed by atoms with van der Waals surface area (Å²) in [6.45, 7) is 5.44. The van der Waals surface area contributed by atoms with Crippen LogP contribution in [0.5, 0.6) is 0 Å². The van der Waals surface area contributed by atoms with Crippen LogP contribution < -0.4 is 5.32 Å². The number of piperidine rings is 1. The number of carbonyl (C=O) groups excluding carboxylic acids is 1. The molecule has 0 atom stereocenters. The minimum atomic E-state index is 0. The van der Waals surface area contributed by atoms with Crippen molar-refractivity contribution >= 4 is 35.8 Å². The number of rotatable bonds is 5. The molecule has 1 amide bonds. The van der Waals surface area contributed by atoms with E-state index in [2.05, 4.69) is 22.1 Å². The van der Waals surface area contributed by atoms with Crippen molar-refractivity contribution in [3.8, 4) is 0 Å². The molecule has 1 aliphatic heterocycles. The summed E-state index contributed by atoms with van der Waals surface area (Å²) in [5.74, 6) is 0.954. The maximum Gasteiger partial charge on any atom is 0.243 e. The Morgan fingerprint density at radius 3 is 2.45 bits per heavy atom. The van der Waals surface area contributed by atoms with Crippen molar-refractivity contribution in [1.29, 1.82) is 0 Å². The van der Waals surface area contributed by atoms with Crippen LogP contribution in [0.15, 0.2) is 4.99 Å². The Kier molecular flexibility index (Phi) is 10.9. The van der Waals surface area contributed by atoms with Crippen LogP contribution in [0.1, 0.15) is 39.0 Å². The number of amides is 1. The maximum atomic E-state index is 11.6. The van der Waals surface area contributed by atoms with E-state index >= 15 is 0 Å². The molecular formula is C14H29IN4O. The van der Waals surface area contributed by atoms with E-state index in [9.17, 15) is 4.79 Å². The quantitative estimate of drug-likeness (QED) is 0.334. The average Bonchev–Trinajstić information content (AvgIpc) is 2.43. The average molecular weight is 396 g/mol. The second kappa shape index (κ2) is 11.2. The van der Waals surface area contributed by atoms with Crippen molar-refractivity contribution < 1.29 is 4.79 Å². The van der Waals surface area contributed by atoms with Crippen molar-refractivity contribution in [3.63, 3.8) is 0 Å². The first-order chi connectivity index (χ1) is 9.15. The number of carbonyl (C=O) groups is 1. The van der Waals surface area contributed by atoms with Crippen LogP contribution in [-0.4, -0.2) is 61.9 Å². The molecule has 118 valence electrons. The highest BCUT2D eigenvalue weighted by molar-refractivity contribution is 14.0. The zero-order chi connectivity index (χ0) is 14.1. The summed E-state index contributed by atoms with van der Waals surface area (Å²) < 4.78 is 0. The largest absolute Gasteiger partial charge is 0.356 e. The van der Waals surface area contributed by atoms with E-state index in [4.69, 9.17) is 0 Å². The third kappa shape index (κ3) is 7.31. The summed E-state index contributed by atoms with van der Waals surface area (Å²) in [7, 11) is 3.53. The van der Waals surface area contributed by atoms with Gasteiger partial charge in [-0.25, -0.2) is 4.99 Å². The fourth-order valence-electron chi connectivity index (χ4n) is 2.03. The number of unbranched alkanes of at least 4 members (excludes halogenated alkanes) is 1. The summed E-state index contributed by atoms with van der Waals surface area (Å²) in [4.78, 5) is 20.0. The van der Waals surface area contributed by atoms with Gasteiger partial charge in [0.05, 0.1) is 0 Å². The Hall–Kier alpha value is -0.530. The molecule has 0 bridgehead atoms. The lowest BCUT2D eigenvalue weighted by molar-refractivity contribution is -0.127. The highest BCUT2D eigenvalue weighted by atomic mass is 127. The van der Waals surface area contributed by atoms with Gasteiger partial charge in [0.1, 0.15) is 6.54 Å². The van der Waals surface area contributed by atoms with Crippen molar-refractivity contribution in [2.45, 2.75) is 39.0 Å². The number of hydrogen-bond acceptors (Lipinski definition) is 2. The minimum Gasteiger partial charge on any atom is -0.356 e. The molecule has 1 N–H and O–H groups in total. The first kappa shape index (κ1) is 19.5. The van der Waals surface area contributed by atoms with Gasteiger partial charge in [-0.05, 0) is 25.7 Å². The fourth-order valence-corrected chi connectivity index (χ4v) is 2.03. The van der Waals surface area contributed by atoms with Crippen LogP contribution in [-0.2, 0) is 4.79 Å². The SMILES string of the molecule is CCCCNC(=NCC(=O)N(C)C)N1CCCCC1.I. The van der Waals surface area contributed by atoms with Gasteiger partial charge < -0.3 is 15.1 Å². The first-order valence-electron chi connectivity index (χ1n) is 7.38. The van der Waals surface area contributed by atoms with Gasteiger partial charge in [-0.15, -0.1) is 24.0 Å². The van der Waals surface area contributed by atoms with E-state index in [1.54, 1.807) is 19.0 Å². The minimum absolute atomic E-state index is 0. The molecule has 1 aliphatic rings. The Morgan fingerprint density at radius 2 is 1.90 bits per heavy atom. The predicted molar refractivity (Wildman–Crippen MR) is 94.7 cm³/mol. The van der Waals surface area contributed by atoms with Crippen molar-refractivity contribution in [2.75, 3.05) is 40.3 Å². The van der Waals surface area contributed by atoms with Crippen molar-refractivity contribution in [2.24, 2.45) is 4.99 Å². The van der Waals surface area contributed by atoms with E-state index < -0.39 is 0 Å². The first-order valence-corrected chi connectivity index (χ1v) is 7.38. The molecule has 0 aromatic rings. The lowest BCUT2D eigenvalue weighted by Crippen LogP contribution is -2.45. The standard InChI is InChI=1S/C14H28N4O.HI/c1-4-5-9-15-14(16-12-13(19)17(2)3)18-10-7-6-8-11-18;/h4-12H2,1-3H3,(H,15,16);1H. The Balaban J connectivity index is 0.00000361. The molecule has 20 heavy (non-hydrogen) atoms. The molecule has 0 aromatic heterocycles. The van der Waals surface area contributed by atoms with Crippen LogP contribution in [0.2, 0.25) is 0 Å². The maximum absolute atomic E-state index is 11.6. The van der Waals surface area contributed by atoms with Gasteiger partial charge in [0.25, 0.3) is 0 Å². The van der Waals surface area contributed by atoms with Gasteiger partial charge in [-0.2, -0.15) is 0 Å². The van der Waals surface area contributed by atoms with Gasteiger partial charge in [-0.1, -0.05) is 13.3 Å². The highest BCUT2D eigenvalue weighted by Crippen LogP contribution is 2.08. The molecule has 0 radical (unpaired) electrons. The van der Waals surface area contributed by atoms with Gasteiger partial charge in [0.15, 0.2) is 5.96 Å². The molecule has 0 aliphatic carbocycles. The van der Waals surface area contributed by atoms with E-state index in [1.807, 2.05) is 0 Å². The normalized spacial score (nSPS) is 15.6. The zero-order valence-corrected chi connectivity index (χ0v) is 15.4. The van der Waals surface area contributed by atoms with Gasteiger partial charge in [0, 0.05) is 33.7 Å². The third-order valence-electron chi connectivity index (χ3n) is 3.33. The smallest absolute Gasteiger partial charge is 0.243 e. The lowest BCUT2D eigenvalue weighted by atomic mass is 10.1. The number of guanidine groups is 1. The number of hydrogen-bond donors (Lipinski definition) is 1. The second-order valence-corrected chi connectivity index (χ2v) is 5.26. The Bertz CT molecular complexity index is 302. The summed E-state index contributed by atoms with van der Waals surface area (Å²) >= 11 is 0. The predicted octanol–water partition coefficient (Wildman–Crippen LogP) is 1.92. The van der Waals surface area contributed by atoms with Crippen molar-refractivity contribution in [3.05, 3.63) is 0 Å². The summed E-state index contributed by atoms with van der Waals surface area (Å²) in [6.07, 6.45) is 6.03. The molecule has 1 rings (SSSR count). The van der Waals surface area contributed by atoms with Crippen LogP contribution in [0.4, 0.5) is 0 Å². The molecule has 0 aromatic carbocycles. The molecule has 6 heteroatoms. The summed E-state index contributed by atoms with van der Waals surface area (Å²) in [6, 6.07) is 0. The number of aliphatic imine (C=N–C) groups is 1. The van der Waals surface area contributed by atoms with E-state index in [0.29, 0.717) is 0 Å². The molecular weight excluding hydrogens is 367 g/mol. The van der Waals surface area contributed by atoms with Crippen LogP contribution in [0.3, 0.4) is 0 Å².